The number of nitriles is 1. The van der Waals surface area contributed by atoms with E-state index >= 15 is 0 Å². The molecule has 0 unspecified atom stereocenters. The fraction of sp³-hybridized carbons (Fsp3) is 0.385. The number of hydrogen-bond acceptors (Lipinski definition) is 2. The van der Waals surface area contributed by atoms with E-state index in [9.17, 15) is 4.79 Å². The highest BCUT2D eigenvalue weighted by molar-refractivity contribution is 9.10. The van der Waals surface area contributed by atoms with Gasteiger partial charge < -0.3 is 4.90 Å². The highest BCUT2D eigenvalue weighted by Gasteiger charge is 2.16. The molecular weight excluding hydrogens is 280 g/mol. The third kappa shape index (κ3) is 3.57. The first-order chi connectivity index (χ1) is 8.10. The fourth-order valence-electron chi connectivity index (χ4n) is 1.56. The minimum atomic E-state index is -0.0293. The molecule has 0 spiro atoms. The molecule has 3 nitrogen and oxygen atoms in total. The van der Waals surface area contributed by atoms with E-state index in [1.807, 2.05) is 32.0 Å². The Balaban J connectivity index is 2.94. The molecule has 90 valence electrons. The normalized spacial score (nSPS) is 9.76. The smallest absolute Gasteiger partial charge is 0.255 e. The van der Waals surface area contributed by atoms with Crippen LogP contribution in [-0.4, -0.2) is 23.9 Å². The van der Waals surface area contributed by atoms with Gasteiger partial charge in [0.15, 0.2) is 0 Å². The Morgan fingerprint density at radius 3 is 2.82 bits per heavy atom. The van der Waals surface area contributed by atoms with Crippen LogP contribution >= 0.6 is 15.9 Å². The molecule has 0 aliphatic carbocycles. The number of amides is 1. The summed E-state index contributed by atoms with van der Waals surface area (Å²) in [7, 11) is 0. The van der Waals surface area contributed by atoms with Crippen LogP contribution < -0.4 is 0 Å². The van der Waals surface area contributed by atoms with E-state index in [0.29, 0.717) is 25.1 Å². The zero-order chi connectivity index (χ0) is 12.8. The zero-order valence-electron chi connectivity index (χ0n) is 10.0. The maximum Gasteiger partial charge on any atom is 0.255 e. The molecule has 0 heterocycles. The maximum atomic E-state index is 12.2. The minimum Gasteiger partial charge on any atom is -0.338 e. The summed E-state index contributed by atoms with van der Waals surface area (Å²) in [5.74, 6) is -0.0293. The number of carbonyl (C=O) groups excluding carboxylic acids is 1. The third-order valence-corrected chi connectivity index (χ3v) is 3.21. The van der Waals surface area contributed by atoms with Crippen molar-refractivity contribution in [3.63, 3.8) is 0 Å². The monoisotopic (exact) mass is 294 g/mol. The van der Waals surface area contributed by atoms with E-state index in [1.54, 1.807) is 4.90 Å². The summed E-state index contributed by atoms with van der Waals surface area (Å²) >= 11 is 3.38. The summed E-state index contributed by atoms with van der Waals surface area (Å²) in [5.41, 5.74) is 1.71. The van der Waals surface area contributed by atoms with Gasteiger partial charge in [0.25, 0.3) is 5.91 Å². The van der Waals surface area contributed by atoms with Gasteiger partial charge in [0, 0.05) is 17.6 Å². The first-order valence-electron chi connectivity index (χ1n) is 5.52. The molecule has 0 aliphatic heterocycles. The SMILES string of the molecule is CCN(CCC#N)C(=O)c1cc(C)ccc1Br. The molecule has 0 saturated heterocycles. The van der Waals surface area contributed by atoms with Crippen molar-refractivity contribution in [2.45, 2.75) is 20.3 Å². The second kappa shape index (κ2) is 6.41. The first kappa shape index (κ1) is 13.7. The quantitative estimate of drug-likeness (QED) is 0.856. The van der Waals surface area contributed by atoms with E-state index in [4.69, 9.17) is 5.26 Å². The molecule has 17 heavy (non-hydrogen) atoms. The lowest BCUT2D eigenvalue weighted by Crippen LogP contribution is -2.31. The van der Waals surface area contributed by atoms with Gasteiger partial charge in [0.05, 0.1) is 18.1 Å². The van der Waals surface area contributed by atoms with Crippen LogP contribution in [0.1, 0.15) is 29.3 Å². The molecule has 0 bridgehead atoms. The second-order valence-corrected chi connectivity index (χ2v) is 4.63. The standard InChI is InChI=1S/C13H15BrN2O/c1-3-16(8-4-7-15)13(17)11-9-10(2)5-6-12(11)14/h5-6,9H,3-4,8H2,1-2H3. The van der Waals surface area contributed by atoms with Crippen LogP contribution in [0.4, 0.5) is 0 Å². The minimum absolute atomic E-state index is 0.0293. The molecular formula is C13H15BrN2O. The Hall–Kier alpha value is -1.34. The summed E-state index contributed by atoms with van der Waals surface area (Å²) in [6.45, 7) is 4.96. The van der Waals surface area contributed by atoms with Gasteiger partial charge in [-0.15, -0.1) is 0 Å². The predicted octanol–water partition coefficient (Wildman–Crippen LogP) is 3.13. The molecule has 0 saturated carbocycles. The average Bonchev–Trinajstić information content (AvgIpc) is 2.33. The Morgan fingerprint density at radius 2 is 2.24 bits per heavy atom. The van der Waals surface area contributed by atoms with Crippen LogP contribution in [0.15, 0.2) is 22.7 Å². The molecule has 0 aromatic heterocycles. The van der Waals surface area contributed by atoms with Crippen molar-refractivity contribution in [2.24, 2.45) is 0 Å². The van der Waals surface area contributed by atoms with Crippen LogP contribution in [0.25, 0.3) is 0 Å². The largest absolute Gasteiger partial charge is 0.338 e. The number of hydrogen-bond donors (Lipinski definition) is 0. The van der Waals surface area contributed by atoms with E-state index in [0.717, 1.165) is 10.0 Å². The number of rotatable bonds is 4. The lowest BCUT2D eigenvalue weighted by atomic mass is 10.1. The van der Waals surface area contributed by atoms with Crippen LogP contribution in [0.2, 0.25) is 0 Å². The molecule has 4 heteroatoms. The second-order valence-electron chi connectivity index (χ2n) is 3.78. The fourth-order valence-corrected chi connectivity index (χ4v) is 1.98. The predicted molar refractivity (Wildman–Crippen MR) is 70.7 cm³/mol. The molecule has 1 aromatic carbocycles. The van der Waals surface area contributed by atoms with Gasteiger partial charge in [-0.1, -0.05) is 11.6 Å². The molecule has 0 radical (unpaired) electrons. The first-order valence-corrected chi connectivity index (χ1v) is 6.31. The molecule has 0 atom stereocenters. The Morgan fingerprint density at radius 1 is 1.53 bits per heavy atom. The molecule has 1 amide bonds. The highest BCUT2D eigenvalue weighted by Crippen LogP contribution is 2.20. The Kier molecular flexibility index (Phi) is 5.17. The number of benzene rings is 1. The summed E-state index contributed by atoms with van der Waals surface area (Å²) in [6, 6.07) is 7.75. The van der Waals surface area contributed by atoms with Crippen molar-refractivity contribution >= 4 is 21.8 Å². The van der Waals surface area contributed by atoms with E-state index in [1.165, 1.54) is 0 Å². The topological polar surface area (TPSA) is 44.1 Å². The van der Waals surface area contributed by atoms with Crippen LogP contribution in [-0.2, 0) is 0 Å². The van der Waals surface area contributed by atoms with Crippen LogP contribution in [0, 0.1) is 18.3 Å². The third-order valence-electron chi connectivity index (χ3n) is 2.51. The van der Waals surface area contributed by atoms with Gasteiger partial charge in [-0.05, 0) is 41.9 Å². The molecule has 1 aromatic rings. The number of nitrogens with zero attached hydrogens (tertiary/aromatic N) is 2. The maximum absolute atomic E-state index is 12.2. The lowest BCUT2D eigenvalue weighted by Gasteiger charge is -2.20. The van der Waals surface area contributed by atoms with Gasteiger partial charge in [-0.3, -0.25) is 4.79 Å². The van der Waals surface area contributed by atoms with Crippen molar-refractivity contribution in [3.05, 3.63) is 33.8 Å². The van der Waals surface area contributed by atoms with Crippen LogP contribution in [0.5, 0.6) is 0 Å². The van der Waals surface area contributed by atoms with E-state index in [-0.39, 0.29) is 5.91 Å². The van der Waals surface area contributed by atoms with E-state index < -0.39 is 0 Å². The highest BCUT2D eigenvalue weighted by atomic mass is 79.9. The van der Waals surface area contributed by atoms with E-state index in [2.05, 4.69) is 22.0 Å². The summed E-state index contributed by atoms with van der Waals surface area (Å²) in [6.07, 6.45) is 0.364. The van der Waals surface area contributed by atoms with Crippen LogP contribution in [0.3, 0.4) is 0 Å². The summed E-state index contributed by atoms with van der Waals surface area (Å²) in [5, 5.41) is 8.56. The molecule has 0 N–H and O–H groups in total. The Bertz CT molecular complexity index is 451. The van der Waals surface area contributed by atoms with Gasteiger partial charge in [-0.2, -0.15) is 5.26 Å². The van der Waals surface area contributed by atoms with Gasteiger partial charge in [0.1, 0.15) is 0 Å². The van der Waals surface area contributed by atoms with Gasteiger partial charge in [0.2, 0.25) is 0 Å². The number of halogens is 1. The average molecular weight is 295 g/mol. The number of carbonyl (C=O) groups is 1. The van der Waals surface area contributed by atoms with Crippen molar-refractivity contribution < 1.29 is 4.79 Å². The van der Waals surface area contributed by atoms with Gasteiger partial charge >= 0.3 is 0 Å². The van der Waals surface area contributed by atoms with Crippen molar-refractivity contribution in [1.29, 1.82) is 5.26 Å². The molecule has 1 rings (SSSR count). The molecule has 0 fully saturated rings. The summed E-state index contributed by atoms with van der Waals surface area (Å²) < 4.78 is 0.795. The number of aryl methyl sites for hydroxylation is 1. The van der Waals surface area contributed by atoms with Crippen molar-refractivity contribution in [2.75, 3.05) is 13.1 Å². The molecule has 0 aliphatic rings. The summed E-state index contributed by atoms with van der Waals surface area (Å²) in [4.78, 5) is 13.9. The van der Waals surface area contributed by atoms with Crippen molar-refractivity contribution in [1.82, 2.24) is 4.90 Å². The lowest BCUT2D eigenvalue weighted by molar-refractivity contribution is 0.0767. The zero-order valence-corrected chi connectivity index (χ0v) is 11.6. The van der Waals surface area contributed by atoms with Gasteiger partial charge in [-0.25, -0.2) is 0 Å². The Labute approximate surface area is 110 Å². The van der Waals surface area contributed by atoms with Crippen molar-refractivity contribution in [3.8, 4) is 6.07 Å².